The van der Waals surface area contributed by atoms with E-state index in [1.54, 1.807) is 13.8 Å². The van der Waals surface area contributed by atoms with Crippen LogP contribution in [0.25, 0.3) is 0 Å². The largest absolute Gasteiger partial charge is 0.360 e. The lowest BCUT2D eigenvalue weighted by atomic mass is 9.73. The molecule has 11 heteroatoms. The van der Waals surface area contributed by atoms with Gasteiger partial charge in [0.1, 0.15) is 16.1 Å². The second kappa shape index (κ2) is 7.61. The molecule has 1 saturated carbocycles. The first kappa shape index (κ1) is 21.3. The zero-order valence-corrected chi connectivity index (χ0v) is 18.5. The summed E-state index contributed by atoms with van der Waals surface area (Å²) < 4.78 is 32.3. The smallest absolute Gasteiger partial charge is 0.326 e. The minimum atomic E-state index is -3.69. The van der Waals surface area contributed by atoms with Crippen molar-refractivity contribution in [2.24, 2.45) is 5.92 Å². The summed E-state index contributed by atoms with van der Waals surface area (Å²) in [5, 5.41) is 6.70. The third-order valence-corrected chi connectivity index (χ3v) is 8.88. The zero-order chi connectivity index (χ0) is 21.7. The van der Waals surface area contributed by atoms with Crippen molar-refractivity contribution in [2.45, 2.75) is 56.9 Å². The quantitative estimate of drug-likeness (QED) is 0.697. The Morgan fingerprint density at radius 2 is 1.87 bits per heavy atom. The second-order valence-electron chi connectivity index (χ2n) is 8.60. The molecule has 3 fully saturated rings. The Morgan fingerprint density at radius 3 is 2.47 bits per heavy atom. The third kappa shape index (κ3) is 3.32. The molecular formula is C19H29N5O5S. The van der Waals surface area contributed by atoms with Crippen molar-refractivity contribution < 1.29 is 22.5 Å². The van der Waals surface area contributed by atoms with E-state index < -0.39 is 15.6 Å². The fourth-order valence-corrected chi connectivity index (χ4v) is 6.62. The molecule has 10 nitrogen and oxygen atoms in total. The number of amides is 3. The van der Waals surface area contributed by atoms with Crippen molar-refractivity contribution in [3.63, 3.8) is 0 Å². The number of carbonyl (C=O) groups is 2. The summed E-state index contributed by atoms with van der Waals surface area (Å²) in [6.07, 6.45) is 3.62. The average molecular weight is 440 g/mol. The molecule has 1 aromatic heterocycles. The Hall–Kier alpha value is -1.98. The first-order valence-electron chi connectivity index (χ1n) is 10.5. The van der Waals surface area contributed by atoms with Gasteiger partial charge in [-0.3, -0.25) is 9.69 Å². The number of rotatable bonds is 4. The molecule has 0 aromatic carbocycles. The summed E-state index contributed by atoms with van der Waals surface area (Å²) in [6, 6.07) is -0.348. The summed E-state index contributed by atoms with van der Waals surface area (Å²) in [7, 11) is -3.69. The highest BCUT2D eigenvalue weighted by Crippen LogP contribution is 2.38. The number of nitrogens with one attached hydrogen (secondary N) is 1. The van der Waals surface area contributed by atoms with E-state index in [1.807, 2.05) is 11.8 Å². The van der Waals surface area contributed by atoms with Crippen LogP contribution in [0.5, 0.6) is 0 Å². The number of imide groups is 1. The van der Waals surface area contributed by atoms with E-state index in [4.69, 9.17) is 4.52 Å². The lowest BCUT2D eigenvalue weighted by Gasteiger charge is -2.38. The highest BCUT2D eigenvalue weighted by molar-refractivity contribution is 7.89. The fraction of sp³-hybridized carbons (Fsp3) is 0.737. The number of aryl methyl sites for hydroxylation is 2. The van der Waals surface area contributed by atoms with E-state index in [2.05, 4.69) is 10.5 Å². The molecule has 166 valence electrons. The van der Waals surface area contributed by atoms with E-state index in [1.165, 1.54) is 9.21 Å². The van der Waals surface area contributed by atoms with Crippen molar-refractivity contribution >= 4 is 22.0 Å². The zero-order valence-electron chi connectivity index (χ0n) is 17.7. The molecule has 0 unspecified atom stereocenters. The molecule has 30 heavy (non-hydrogen) atoms. The van der Waals surface area contributed by atoms with Crippen LogP contribution in [0.2, 0.25) is 0 Å². The van der Waals surface area contributed by atoms with E-state index in [0.717, 1.165) is 19.3 Å². The van der Waals surface area contributed by atoms with Crippen LogP contribution in [0.3, 0.4) is 0 Å². The van der Waals surface area contributed by atoms with Crippen molar-refractivity contribution in [1.29, 1.82) is 0 Å². The fourth-order valence-electron chi connectivity index (χ4n) is 4.91. The lowest BCUT2D eigenvalue weighted by molar-refractivity contribution is -0.135. The summed E-state index contributed by atoms with van der Waals surface area (Å²) in [5.74, 6) is 0.247. The molecule has 2 atom stereocenters. The van der Waals surface area contributed by atoms with E-state index in [-0.39, 0.29) is 48.3 Å². The van der Waals surface area contributed by atoms with Crippen LogP contribution in [0, 0.1) is 19.8 Å². The molecule has 1 N–H and O–H groups in total. The molecule has 3 amide bonds. The van der Waals surface area contributed by atoms with Crippen molar-refractivity contribution in [3.05, 3.63) is 11.5 Å². The van der Waals surface area contributed by atoms with Gasteiger partial charge in [-0.25, -0.2) is 18.1 Å². The molecule has 2 aliphatic heterocycles. The number of sulfonamides is 1. The Balaban J connectivity index is 1.41. The summed E-state index contributed by atoms with van der Waals surface area (Å²) >= 11 is 0. The van der Waals surface area contributed by atoms with Crippen molar-refractivity contribution in [1.82, 2.24) is 24.6 Å². The Bertz CT molecular complexity index is 933. The number of nitrogens with zero attached hydrogens (tertiary/aromatic N) is 4. The van der Waals surface area contributed by atoms with Gasteiger partial charge in [-0.2, -0.15) is 4.31 Å². The molecule has 3 aliphatic rings. The summed E-state index contributed by atoms with van der Waals surface area (Å²) in [4.78, 5) is 29.1. The van der Waals surface area contributed by atoms with Crippen LogP contribution in [0.4, 0.5) is 4.79 Å². The number of hydrogen-bond acceptors (Lipinski definition) is 7. The SMILES string of the molecule is Cc1noc(C)c1S(=O)(=O)N1CCN(CN2C(=O)N[C@@]3(CCCC[C@H]3C)C2=O)CC1. The molecule has 2 saturated heterocycles. The van der Waals surface area contributed by atoms with Gasteiger partial charge >= 0.3 is 6.03 Å². The molecule has 0 radical (unpaired) electrons. The summed E-state index contributed by atoms with van der Waals surface area (Å²) in [5.41, 5.74) is -0.426. The molecule has 0 bridgehead atoms. The second-order valence-corrected chi connectivity index (χ2v) is 10.5. The number of urea groups is 1. The Labute approximate surface area is 176 Å². The van der Waals surface area contributed by atoms with Crippen LogP contribution in [0.1, 0.15) is 44.1 Å². The average Bonchev–Trinajstić information content (AvgIpc) is 3.17. The van der Waals surface area contributed by atoms with Gasteiger partial charge in [0.05, 0.1) is 6.67 Å². The molecule has 1 aromatic rings. The van der Waals surface area contributed by atoms with Gasteiger partial charge in [0.15, 0.2) is 5.76 Å². The van der Waals surface area contributed by atoms with Gasteiger partial charge in [0.2, 0.25) is 10.0 Å². The van der Waals surface area contributed by atoms with Crippen LogP contribution < -0.4 is 5.32 Å². The third-order valence-electron chi connectivity index (χ3n) is 6.74. The predicted octanol–water partition coefficient (Wildman–Crippen LogP) is 1.06. The topological polar surface area (TPSA) is 116 Å². The maximum atomic E-state index is 13.1. The van der Waals surface area contributed by atoms with Crippen LogP contribution in [-0.4, -0.2) is 78.0 Å². The minimum Gasteiger partial charge on any atom is -0.360 e. The highest BCUT2D eigenvalue weighted by Gasteiger charge is 2.55. The lowest BCUT2D eigenvalue weighted by Crippen LogP contribution is -2.55. The molecule has 3 heterocycles. The maximum absolute atomic E-state index is 13.1. The first-order valence-corrected chi connectivity index (χ1v) is 11.9. The van der Waals surface area contributed by atoms with Crippen LogP contribution >= 0.6 is 0 Å². The van der Waals surface area contributed by atoms with Gasteiger partial charge in [-0.1, -0.05) is 24.9 Å². The van der Waals surface area contributed by atoms with Crippen molar-refractivity contribution in [2.75, 3.05) is 32.8 Å². The summed E-state index contributed by atoms with van der Waals surface area (Å²) in [6.45, 7) is 6.82. The first-order chi connectivity index (χ1) is 14.2. The van der Waals surface area contributed by atoms with E-state index >= 15 is 0 Å². The number of carbonyl (C=O) groups excluding carboxylic acids is 2. The van der Waals surface area contributed by atoms with Crippen LogP contribution in [-0.2, 0) is 14.8 Å². The van der Waals surface area contributed by atoms with Gasteiger partial charge in [0.25, 0.3) is 5.91 Å². The minimum absolute atomic E-state index is 0.115. The van der Waals surface area contributed by atoms with Gasteiger partial charge in [-0.05, 0) is 32.6 Å². The monoisotopic (exact) mass is 439 g/mol. The number of piperazine rings is 1. The predicted molar refractivity (Wildman–Crippen MR) is 107 cm³/mol. The van der Waals surface area contributed by atoms with Crippen LogP contribution in [0.15, 0.2) is 9.42 Å². The Kier molecular flexibility index (Phi) is 5.39. The highest BCUT2D eigenvalue weighted by atomic mass is 32.2. The number of hydrogen-bond donors (Lipinski definition) is 1. The standard InChI is InChI=1S/C19H29N5O5S/c1-13-6-4-5-7-19(13)17(25)24(18(26)20-19)12-22-8-10-23(11-9-22)30(27,28)16-14(2)21-29-15(16)3/h13H,4-12H2,1-3H3,(H,20,26)/t13-,19-/m1/s1. The number of aromatic nitrogens is 1. The molecule has 1 aliphatic carbocycles. The molecular weight excluding hydrogens is 410 g/mol. The van der Waals surface area contributed by atoms with Gasteiger partial charge < -0.3 is 9.84 Å². The molecule has 4 rings (SSSR count). The van der Waals surface area contributed by atoms with Gasteiger partial charge in [-0.15, -0.1) is 0 Å². The normalized spacial score (nSPS) is 29.0. The van der Waals surface area contributed by atoms with Crippen molar-refractivity contribution in [3.8, 4) is 0 Å². The van der Waals surface area contributed by atoms with Gasteiger partial charge in [0, 0.05) is 26.2 Å². The maximum Gasteiger partial charge on any atom is 0.326 e. The van der Waals surface area contributed by atoms with E-state index in [9.17, 15) is 18.0 Å². The molecule has 1 spiro atoms. The van der Waals surface area contributed by atoms with E-state index in [0.29, 0.717) is 25.2 Å². The Morgan fingerprint density at radius 1 is 1.17 bits per heavy atom.